The smallest absolute Gasteiger partial charge is 0.312 e. The Morgan fingerprint density at radius 1 is 1.07 bits per heavy atom. The number of esters is 1. The van der Waals surface area contributed by atoms with Crippen LogP contribution in [-0.4, -0.2) is 35.9 Å². The van der Waals surface area contributed by atoms with E-state index in [0.29, 0.717) is 42.1 Å². The van der Waals surface area contributed by atoms with Crippen molar-refractivity contribution in [3.63, 3.8) is 0 Å². The summed E-state index contributed by atoms with van der Waals surface area (Å²) in [7, 11) is 0. The molecule has 4 atom stereocenters. The molecule has 0 saturated heterocycles. The Hall–Kier alpha value is -1.56. The molecule has 4 saturated carbocycles. The fraction of sp³-hybridized carbons (Fsp3) is 0.619. The first-order valence-electron chi connectivity index (χ1n) is 9.74. The molecule has 5 nitrogen and oxygen atoms in total. The number of carbonyl (C=O) groups excluding carboxylic acids is 2. The van der Waals surface area contributed by atoms with Gasteiger partial charge in [-0.2, -0.15) is 0 Å². The van der Waals surface area contributed by atoms with Crippen molar-refractivity contribution in [2.24, 2.45) is 17.3 Å². The molecule has 1 heterocycles. The first-order valence-corrected chi connectivity index (χ1v) is 10.5. The van der Waals surface area contributed by atoms with Crippen molar-refractivity contribution in [1.29, 1.82) is 0 Å². The Labute approximate surface area is 166 Å². The van der Waals surface area contributed by atoms with E-state index in [0.717, 1.165) is 32.1 Å². The number of benzene rings is 1. The van der Waals surface area contributed by atoms with Crippen LogP contribution in [0, 0.1) is 17.3 Å². The average molecular weight is 435 g/mol. The van der Waals surface area contributed by atoms with Crippen LogP contribution in [0.15, 0.2) is 18.2 Å². The molecule has 0 spiro atoms. The predicted octanol–water partition coefficient (Wildman–Crippen LogP) is 3.92. The van der Waals surface area contributed by atoms with Crippen molar-refractivity contribution >= 4 is 27.7 Å². The summed E-state index contributed by atoms with van der Waals surface area (Å²) in [4.78, 5) is 25.5. The monoisotopic (exact) mass is 434 g/mol. The van der Waals surface area contributed by atoms with E-state index >= 15 is 0 Å². The summed E-state index contributed by atoms with van der Waals surface area (Å²) >= 11 is 3.91. The van der Waals surface area contributed by atoms with E-state index in [-0.39, 0.29) is 22.7 Å². The van der Waals surface area contributed by atoms with Crippen molar-refractivity contribution in [3.8, 4) is 11.5 Å². The molecule has 0 N–H and O–H groups in total. The highest BCUT2D eigenvalue weighted by molar-refractivity contribution is 9.10. The maximum atomic E-state index is 13.0. The molecule has 144 valence electrons. The van der Waals surface area contributed by atoms with Crippen molar-refractivity contribution in [2.45, 2.75) is 42.8 Å². The minimum absolute atomic E-state index is 0.0932. The van der Waals surface area contributed by atoms with E-state index < -0.39 is 5.41 Å². The number of ether oxygens (including phenoxy) is 3. The average Bonchev–Trinajstić information content (AvgIpc) is 2.63. The van der Waals surface area contributed by atoms with Gasteiger partial charge in [0.15, 0.2) is 23.9 Å². The van der Waals surface area contributed by atoms with Crippen molar-refractivity contribution in [1.82, 2.24) is 0 Å². The van der Waals surface area contributed by atoms with Gasteiger partial charge in [0.05, 0.1) is 5.41 Å². The van der Waals surface area contributed by atoms with Gasteiger partial charge in [-0.3, -0.25) is 9.59 Å². The van der Waals surface area contributed by atoms with E-state index in [1.165, 1.54) is 6.42 Å². The zero-order valence-corrected chi connectivity index (χ0v) is 16.8. The maximum Gasteiger partial charge on any atom is 0.312 e. The minimum atomic E-state index is -0.402. The number of Topliss-reactive ketones (excluding diaryl/α,β-unsaturated/α-hetero) is 1. The molecule has 4 fully saturated rings. The second-order valence-electron chi connectivity index (χ2n) is 8.75. The van der Waals surface area contributed by atoms with Crippen LogP contribution < -0.4 is 9.47 Å². The van der Waals surface area contributed by atoms with Gasteiger partial charge in [0.1, 0.15) is 13.2 Å². The standard InChI is InChI=1S/C21H23BrO5/c22-21-9-13-5-14(10-21)8-20(7-13,12-21)19(24)27-11-16(23)15-1-2-17-18(6-15)26-4-3-25-17/h1-2,6,13-14H,3-5,7-12H2/t13-,14+,20?,21?. The van der Waals surface area contributed by atoms with Gasteiger partial charge in [-0.25, -0.2) is 0 Å². The summed E-state index contributed by atoms with van der Waals surface area (Å²) in [6, 6.07) is 5.10. The van der Waals surface area contributed by atoms with Gasteiger partial charge in [0.2, 0.25) is 0 Å². The van der Waals surface area contributed by atoms with E-state index in [4.69, 9.17) is 14.2 Å². The number of carbonyl (C=O) groups is 2. The van der Waals surface area contributed by atoms with Gasteiger partial charge in [0.25, 0.3) is 0 Å². The van der Waals surface area contributed by atoms with Crippen molar-refractivity contribution in [3.05, 3.63) is 23.8 Å². The second kappa shape index (κ2) is 6.23. The molecule has 2 unspecified atom stereocenters. The topological polar surface area (TPSA) is 61.8 Å². The third-order valence-corrected chi connectivity index (χ3v) is 7.55. The molecule has 0 amide bonds. The van der Waals surface area contributed by atoms with Crippen LogP contribution in [-0.2, 0) is 9.53 Å². The lowest BCUT2D eigenvalue weighted by Gasteiger charge is -2.58. The summed E-state index contributed by atoms with van der Waals surface area (Å²) in [5.74, 6) is 2.02. The molecule has 1 aromatic carbocycles. The van der Waals surface area contributed by atoms with E-state index in [1.54, 1.807) is 18.2 Å². The molecule has 1 aliphatic heterocycles. The Morgan fingerprint density at radius 3 is 2.48 bits per heavy atom. The normalized spacial score (nSPS) is 35.7. The lowest BCUT2D eigenvalue weighted by Crippen LogP contribution is -2.56. The van der Waals surface area contributed by atoms with Crippen LogP contribution in [0.2, 0.25) is 0 Å². The lowest BCUT2D eigenvalue weighted by atomic mass is 9.49. The molecule has 4 aliphatic carbocycles. The third kappa shape index (κ3) is 3.06. The van der Waals surface area contributed by atoms with Gasteiger partial charge >= 0.3 is 5.97 Å². The van der Waals surface area contributed by atoms with Crippen molar-refractivity contribution in [2.75, 3.05) is 19.8 Å². The molecule has 6 rings (SSSR count). The van der Waals surface area contributed by atoms with Gasteiger partial charge in [0, 0.05) is 9.89 Å². The SMILES string of the molecule is O=C(COC(=O)C12C[C@@H]3C[C@@H](CC(Br)(C3)C1)C2)c1ccc2c(c1)OCCO2. The van der Waals surface area contributed by atoms with Gasteiger partial charge in [-0.1, -0.05) is 15.9 Å². The molecule has 0 aromatic heterocycles. The number of rotatable bonds is 4. The largest absolute Gasteiger partial charge is 0.486 e. The van der Waals surface area contributed by atoms with Crippen LogP contribution in [0.1, 0.15) is 48.9 Å². The Bertz CT molecular complexity index is 790. The Morgan fingerprint density at radius 2 is 1.78 bits per heavy atom. The highest BCUT2D eigenvalue weighted by Gasteiger charge is 2.60. The van der Waals surface area contributed by atoms with Crippen LogP contribution in [0.3, 0.4) is 0 Å². The number of ketones is 1. The minimum Gasteiger partial charge on any atom is -0.486 e. The molecule has 5 aliphatic rings. The first-order chi connectivity index (χ1) is 12.9. The fourth-order valence-corrected chi connectivity index (χ4v) is 7.43. The highest BCUT2D eigenvalue weighted by Crippen LogP contribution is 2.64. The van der Waals surface area contributed by atoms with E-state index in [2.05, 4.69) is 15.9 Å². The lowest BCUT2D eigenvalue weighted by molar-refractivity contribution is -0.168. The summed E-state index contributed by atoms with van der Waals surface area (Å²) in [5, 5.41) is 0. The van der Waals surface area contributed by atoms with Crippen molar-refractivity contribution < 1.29 is 23.8 Å². The molecular weight excluding hydrogens is 412 g/mol. The molecule has 4 bridgehead atoms. The number of hydrogen-bond acceptors (Lipinski definition) is 5. The highest BCUT2D eigenvalue weighted by atomic mass is 79.9. The van der Waals surface area contributed by atoms with Crippen LogP contribution in [0.5, 0.6) is 11.5 Å². The van der Waals surface area contributed by atoms with Gasteiger partial charge in [-0.05, 0) is 68.6 Å². The van der Waals surface area contributed by atoms with Gasteiger partial charge < -0.3 is 14.2 Å². The number of halogens is 1. The van der Waals surface area contributed by atoms with E-state index in [9.17, 15) is 9.59 Å². The number of alkyl halides is 1. The zero-order chi connectivity index (χ0) is 18.6. The number of fused-ring (bicyclic) bond motifs is 1. The molecule has 1 aromatic rings. The van der Waals surface area contributed by atoms with Crippen LogP contribution >= 0.6 is 15.9 Å². The number of hydrogen-bond donors (Lipinski definition) is 0. The summed E-state index contributed by atoms with van der Waals surface area (Å²) in [6.07, 6.45) is 6.22. The quantitative estimate of drug-likeness (QED) is 0.408. The Kier molecular flexibility index (Phi) is 4.04. The molecule has 6 heteroatoms. The summed E-state index contributed by atoms with van der Waals surface area (Å²) in [6.45, 7) is 0.765. The van der Waals surface area contributed by atoms with Gasteiger partial charge in [-0.15, -0.1) is 0 Å². The Balaban J connectivity index is 1.26. The maximum absolute atomic E-state index is 13.0. The zero-order valence-electron chi connectivity index (χ0n) is 15.2. The third-order valence-electron chi connectivity index (χ3n) is 6.62. The molecular formula is C21H23BrO5. The molecule has 0 radical (unpaired) electrons. The second-order valence-corrected chi connectivity index (χ2v) is 10.4. The van der Waals surface area contributed by atoms with Crippen LogP contribution in [0.4, 0.5) is 0 Å². The summed E-state index contributed by atoms with van der Waals surface area (Å²) in [5.41, 5.74) is 0.0789. The summed E-state index contributed by atoms with van der Waals surface area (Å²) < 4.78 is 16.6. The molecule has 27 heavy (non-hydrogen) atoms. The fourth-order valence-electron chi connectivity index (χ4n) is 5.97. The van der Waals surface area contributed by atoms with Crippen LogP contribution in [0.25, 0.3) is 0 Å². The van der Waals surface area contributed by atoms with E-state index in [1.807, 2.05) is 0 Å². The predicted molar refractivity (Wildman–Crippen MR) is 101 cm³/mol. The first kappa shape index (κ1) is 17.5.